The molecule has 0 aromatic heterocycles. The predicted molar refractivity (Wildman–Crippen MR) is 241 cm³/mol. The molecule has 23 atom stereocenters. The van der Waals surface area contributed by atoms with E-state index >= 15 is 0 Å². The smallest absolute Gasteiger partial charge is 0.305 e. The number of hydrogen-bond donors (Lipinski definition) is 5. The highest BCUT2D eigenvalue weighted by atomic mass is 16.8. The van der Waals surface area contributed by atoms with Crippen LogP contribution in [0.5, 0.6) is 0 Å². The number of fused-ring (bicyclic) bond motifs is 2. The summed E-state index contributed by atoms with van der Waals surface area (Å²) in [5.41, 5.74) is 0. The van der Waals surface area contributed by atoms with E-state index in [9.17, 15) is 30.3 Å². The molecule has 0 aromatic rings. The van der Waals surface area contributed by atoms with Crippen LogP contribution >= 0.6 is 0 Å². The second-order valence-corrected chi connectivity index (χ2v) is 20.6. The quantitative estimate of drug-likeness (QED) is 0.0676. The van der Waals surface area contributed by atoms with Crippen molar-refractivity contribution in [2.24, 2.45) is 11.8 Å². The maximum Gasteiger partial charge on any atom is 0.305 e. The van der Waals surface area contributed by atoms with Gasteiger partial charge in [0.15, 0.2) is 37.7 Å². The molecule has 19 heteroatoms. The Balaban J connectivity index is 1.06. The van der Waals surface area contributed by atoms with E-state index in [-0.39, 0.29) is 23.9 Å². The summed E-state index contributed by atoms with van der Waals surface area (Å²) in [6.07, 6.45) is -8.83. The molecule has 0 unspecified atom stereocenters. The first-order valence-electron chi connectivity index (χ1n) is 25.8. The fourth-order valence-corrected chi connectivity index (χ4v) is 10.1. The second-order valence-electron chi connectivity index (χ2n) is 20.6. The molecule has 5 N–H and O–H groups in total. The van der Waals surface area contributed by atoms with Gasteiger partial charge in [-0.3, -0.25) is 4.79 Å². The van der Waals surface area contributed by atoms with Crippen LogP contribution in [-0.4, -0.2) is 180 Å². The Morgan fingerprint density at radius 2 is 0.897 bits per heavy atom. The van der Waals surface area contributed by atoms with Crippen LogP contribution in [0.4, 0.5) is 0 Å². The lowest BCUT2D eigenvalue weighted by Gasteiger charge is -2.48. The van der Waals surface area contributed by atoms with Crippen molar-refractivity contribution in [1.82, 2.24) is 0 Å². The first kappa shape index (κ1) is 56.1. The van der Waals surface area contributed by atoms with Crippen LogP contribution in [0.2, 0.25) is 0 Å². The zero-order chi connectivity index (χ0) is 49.4. The molecule has 6 saturated heterocycles. The normalized spacial score (nSPS) is 43.4. The second kappa shape index (κ2) is 26.1. The lowest BCUT2D eigenvalue weighted by atomic mass is 9.96. The van der Waals surface area contributed by atoms with E-state index < -0.39 is 135 Å². The van der Waals surface area contributed by atoms with Gasteiger partial charge in [-0.05, 0) is 47.0 Å². The van der Waals surface area contributed by atoms with Crippen molar-refractivity contribution >= 4 is 5.97 Å². The Morgan fingerprint density at radius 1 is 0.471 bits per heavy atom. The summed E-state index contributed by atoms with van der Waals surface area (Å²) in [6, 6.07) is 0. The van der Waals surface area contributed by atoms with Crippen molar-refractivity contribution in [2.75, 3.05) is 7.11 Å². The van der Waals surface area contributed by atoms with Crippen LogP contribution in [0.15, 0.2) is 0 Å². The first-order chi connectivity index (χ1) is 32.4. The Labute approximate surface area is 403 Å². The minimum Gasteiger partial charge on any atom is -0.469 e. The minimum atomic E-state index is -1.56. The van der Waals surface area contributed by atoms with Crippen molar-refractivity contribution in [3.63, 3.8) is 0 Å². The SMILES string of the molecule is CCCCC[C@H](CCCCCCCCCC(=O)OC)O[C@H]1O[C@@H](C)[C@H](O[C@H]2O[C@@H](C)[C@H](O[C@H]3O[C@@H](C)[C@H](O[C@H]4O[C@@H](C)[C@H](O)[C@@H](O)[C@@H]4O)[C@H]4O[C@H](C(C)C)O[C@H]34)[C@@H](O)[C@@H]2O)[C@H]2O[C@H](C(C)C)O[C@H]12. The van der Waals surface area contributed by atoms with Gasteiger partial charge in [0.25, 0.3) is 0 Å². The molecule has 6 fully saturated rings. The van der Waals surface area contributed by atoms with Gasteiger partial charge in [0.05, 0.1) is 37.6 Å². The van der Waals surface area contributed by atoms with E-state index in [1.807, 2.05) is 34.6 Å². The molecule has 68 heavy (non-hydrogen) atoms. The number of rotatable bonds is 24. The number of methoxy groups -OCH3 is 1. The van der Waals surface area contributed by atoms with Gasteiger partial charge in [-0.2, -0.15) is 0 Å². The summed E-state index contributed by atoms with van der Waals surface area (Å²) in [4.78, 5) is 11.4. The van der Waals surface area contributed by atoms with E-state index in [0.29, 0.717) is 6.42 Å². The van der Waals surface area contributed by atoms with E-state index in [0.717, 1.165) is 77.0 Å². The number of esters is 1. The van der Waals surface area contributed by atoms with E-state index in [4.69, 9.17) is 61.6 Å². The average molecular weight is 979 g/mol. The molecule has 0 amide bonds. The minimum absolute atomic E-state index is 0.0170. The Hall–Kier alpha value is -1.21. The van der Waals surface area contributed by atoms with Crippen molar-refractivity contribution in [2.45, 2.75) is 287 Å². The zero-order valence-electron chi connectivity index (χ0n) is 42.1. The van der Waals surface area contributed by atoms with Gasteiger partial charge in [-0.1, -0.05) is 92.4 Å². The molecular formula is C49H86O19. The maximum absolute atomic E-state index is 11.7. The van der Waals surface area contributed by atoms with Crippen molar-refractivity contribution in [3.05, 3.63) is 0 Å². The number of aliphatic hydroxyl groups excluding tert-OH is 5. The third kappa shape index (κ3) is 13.9. The topological polar surface area (TPSA) is 238 Å². The number of carbonyl (C=O) groups excluding carboxylic acids is 1. The molecule has 6 aliphatic rings. The highest BCUT2D eigenvalue weighted by molar-refractivity contribution is 5.68. The van der Waals surface area contributed by atoms with Crippen LogP contribution < -0.4 is 0 Å². The number of aliphatic hydroxyl groups is 5. The number of hydrogen-bond acceptors (Lipinski definition) is 19. The van der Waals surface area contributed by atoms with Gasteiger partial charge < -0.3 is 87.1 Å². The predicted octanol–water partition coefficient (Wildman–Crippen LogP) is 4.11. The van der Waals surface area contributed by atoms with Crippen LogP contribution in [0.1, 0.15) is 146 Å². The fraction of sp³-hybridized carbons (Fsp3) is 0.980. The third-order valence-electron chi connectivity index (χ3n) is 14.3. The lowest BCUT2D eigenvalue weighted by molar-refractivity contribution is -0.373. The molecule has 0 aliphatic carbocycles. The van der Waals surface area contributed by atoms with E-state index in [1.54, 1.807) is 20.8 Å². The van der Waals surface area contributed by atoms with Gasteiger partial charge in [0.2, 0.25) is 0 Å². The highest BCUT2D eigenvalue weighted by Crippen LogP contribution is 2.42. The molecule has 19 nitrogen and oxygen atoms in total. The zero-order valence-corrected chi connectivity index (χ0v) is 42.1. The van der Waals surface area contributed by atoms with E-state index in [2.05, 4.69) is 6.92 Å². The number of unbranched alkanes of at least 4 members (excludes halogenated alkanes) is 8. The van der Waals surface area contributed by atoms with Crippen molar-refractivity contribution in [3.8, 4) is 0 Å². The summed E-state index contributed by atoms with van der Waals surface area (Å²) in [5, 5.41) is 54.8. The maximum atomic E-state index is 11.7. The van der Waals surface area contributed by atoms with Crippen LogP contribution in [-0.2, 0) is 66.4 Å². The van der Waals surface area contributed by atoms with Gasteiger partial charge >= 0.3 is 5.97 Å². The third-order valence-corrected chi connectivity index (χ3v) is 14.3. The van der Waals surface area contributed by atoms with Gasteiger partial charge in [-0.25, -0.2) is 0 Å². The molecule has 0 radical (unpaired) electrons. The molecular weight excluding hydrogens is 893 g/mol. The average Bonchev–Trinajstić information content (AvgIpc) is 3.97. The number of ether oxygens (including phenoxy) is 13. The van der Waals surface area contributed by atoms with E-state index in [1.165, 1.54) is 7.11 Å². The molecule has 6 rings (SSSR count). The molecule has 0 aromatic carbocycles. The van der Waals surface area contributed by atoms with Crippen molar-refractivity contribution in [1.29, 1.82) is 0 Å². The fourth-order valence-electron chi connectivity index (χ4n) is 10.1. The Morgan fingerprint density at radius 3 is 1.44 bits per heavy atom. The summed E-state index contributed by atoms with van der Waals surface area (Å²) >= 11 is 0. The highest BCUT2D eigenvalue weighted by Gasteiger charge is 2.59. The largest absolute Gasteiger partial charge is 0.469 e. The van der Waals surface area contributed by atoms with Gasteiger partial charge in [-0.15, -0.1) is 0 Å². The van der Waals surface area contributed by atoms with Crippen LogP contribution in [0.3, 0.4) is 0 Å². The standard InChI is InChI=1S/C49H86O19/c1-11-12-18-21-30(22-19-16-14-13-15-17-20-23-31(50)56-10)61-48-42-40(65-44(67-42)24(2)3)38(28(8)59-48)64-47-36(55)34(53)37(27(7)58-47)62-49-43-41(66-45(68-43)25(4)5)39(29(9)60-49)63-46-35(54)33(52)32(51)26(6)57-46/h24-30,32-49,51-55H,11-23H2,1-10H3/t26-,27-,28-,29-,30+,32-,33+,34-,35-,36-,37-,38-,39-,40+,41+,42-,43-,44-,45-,46+,47+,48+,49+/m0/s1. The molecule has 0 saturated carbocycles. The van der Waals surface area contributed by atoms with Crippen LogP contribution in [0, 0.1) is 11.8 Å². The lowest BCUT2D eigenvalue weighted by Crippen LogP contribution is -2.65. The summed E-state index contributed by atoms with van der Waals surface area (Å²) in [7, 11) is 1.43. The molecule has 0 bridgehead atoms. The number of carbonyl (C=O) groups is 1. The molecule has 6 heterocycles. The molecule has 6 aliphatic heterocycles. The summed E-state index contributed by atoms with van der Waals surface area (Å²) < 4.78 is 81.4. The van der Waals surface area contributed by atoms with Crippen molar-refractivity contribution < 1.29 is 91.9 Å². The molecule has 0 spiro atoms. The molecule has 396 valence electrons. The first-order valence-corrected chi connectivity index (χ1v) is 25.8. The Bertz CT molecular complexity index is 1490. The van der Waals surface area contributed by atoms with Crippen LogP contribution in [0.25, 0.3) is 0 Å². The Kier molecular flexibility index (Phi) is 21.6. The van der Waals surface area contributed by atoms with Gasteiger partial charge in [0.1, 0.15) is 73.2 Å². The summed E-state index contributed by atoms with van der Waals surface area (Å²) in [6.45, 7) is 17.0. The summed E-state index contributed by atoms with van der Waals surface area (Å²) in [5.74, 6) is -0.216. The monoisotopic (exact) mass is 979 g/mol. The van der Waals surface area contributed by atoms with Gasteiger partial charge in [0, 0.05) is 18.3 Å².